The van der Waals surface area contributed by atoms with Gasteiger partial charge in [-0.25, -0.2) is 0 Å². The predicted octanol–water partition coefficient (Wildman–Crippen LogP) is 3.49. The maximum absolute atomic E-state index is 12.4. The number of thiophene rings is 1. The fraction of sp³-hybridized carbons (Fsp3) is 0.0588. The zero-order chi connectivity index (χ0) is 17.2. The molecule has 0 fully saturated rings. The van der Waals surface area contributed by atoms with E-state index in [0.29, 0.717) is 17.1 Å². The van der Waals surface area contributed by atoms with Crippen molar-refractivity contribution in [1.82, 2.24) is 15.2 Å². The molecule has 25 heavy (non-hydrogen) atoms. The van der Waals surface area contributed by atoms with E-state index in [1.807, 2.05) is 35.7 Å². The number of amides is 1. The van der Waals surface area contributed by atoms with Crippen LogP contribution in [0, 0.1) is 0 Å². The number of nitrogens with one attached hydrogen (secondary N) is 2. The van der Waals surface area contributed by atoms with Gasteiger partial charge in [0.25, 0.3) is 11.7 Å². The first kappa shape index (κ1) is 15.7. The smallest absolute Gasteiger partial charge is 0.298 e. The van der Waals surface area contributed by atoms with E-state index in [1.165, 1.54) is 16.2 Å². The molecular weight excluding hydrogens is 356 g/mol. The molecule has 0 radical (unpaired) electrons. The summed E-state index contributed by atoms with van der Waals surface area (Å²) in [5, 5.41) is 14.4. The second kappa shape index (κ2) is 6.58. The lowest BCUT2D eigenvalue weighted by atomic mass is 10.1. The lowest BCUT2D eigenvalue weighted by Gasteiger charge is -1.99. The first-order valence-electron chi connectivity index (χ1n) is 7.47. The largest absolute Gasteiger partial charge is 0.360 e. The Balaban J connectivity index is 1.48. The number of benzene rings is 1. The van der Waals surface area contributed by atoms with Crippen molar-refractivity contribution in [2.75, 3.05) is 5.32 Å². The highest BCUT2D eigenvalue weighted by molar-refractivity contribution is 7.15. The number of Topliss-reactive ketones (excluding diaryl/α,β-unsaturated/α-hetero) is 1. The van der Waals surface area contributed by atoms with Crippen LogP contribution >= 0.6 is 22.7 Å². The molecule has 0 unspecified atom stereocenters. The topological polar surface area (TPSA) is 87.7 Å². The fourth-order valence-electron chi connectivity index (χ4n) is 2.47. The summed E-state index contributed by atoms with van der Waals surface area (Å²) in [5.74, 6) is -1.32. The number of carbonyl (C=O) groups excluding carboxylic acids is 2. The van der Waals surface area contributed by atoms with Gasteiger partial charge in [0, 0.05) is 28.4 Å². The first-order valence-corrected chi connectivity index (χ1v) is 9.17. The van der Waals surface area contributed by atoms with Crippen molar-refractivity contribution >= 4 is 50.4 Å². The van der Waals surface area contributed by atoms with Gasteiger partial charge < -0.3 is 4.98 Å². The number of hydrogen-bond donors (Lipinski definition) is 2. The van der Waals surface area contributed by atoms with Crippen LogP contribution in [-0.2, 0) is 11.2 Å². The summed E-state index contributed by atoms with van der Waals surface area (Å²) in [4.78, 5) is 28.8. The molecular formula is C17H12N4O2S2. The van der Waals surface area contributed by atoms with E-state index in [4.69, 9.17) is 0 Å². The Morgan fingerprint density at radius 2 is 2.00 bits per heavy atom. The summed E-state index contributed by atoms with van der Waals surface area (Å²) in [5.41, 5.74) is 1.16. The van der Waals surface area contributed by atoms with Gasteiger partial charge in [0.1, 0.15) is 5.01 Å². The van der Waals surface area contributed by atoms with Gasteiger partial charge in [0.2, 0.25) is 5.13 Å². The molecule has 0 aliphatic rings. The summed E-state index contributed by atoms with van der Waals surface area (Å²) in [6, 6.07) is 11.3. The van der Waals surface area contributed by atoms with E-state index in [2.05, 4.69) is 20.5 Å². The van der Waals surface area contributed by atoms with Crippen molar-refractivity contribution in [3.63, 3.8) is 0 Å². The molecule has 0 saturated carbocycles. The summed E-state index contributed by atoms with van der Waals surface area (Å²) >= 11 is 2.91. The summed E-state index contributed by atoms with van der Waals surface area (Å²) < 4.78 is 0. The number of hydrogen-bond acceptors (Lipinski definition) is 6. The molecule has 8 heteroatoms. The van der Waals surface area contributed by atoms with E-state index in [1.54, 1.807) is 23.6 Å². The monoisotopic (exact) mass is 368 g/mol. The average Bonchev–Trinajstić information content (AvgIpc) is 3.35. The molecule has 4 rings (SSSR count). The van der Waals surface area contributed by atoms with Gasteiger partial charge in [0.05, 0.1) is 5.56 Å². The second-order valence-corrected chi connectivity index (χ2v) is 7.38. The third-order valence-corrected chi connectivity index (χ3v) is 5.35. The van der Waals surface area contributed by atoms with Gasteiger partial charge in [-0.15, -0.1) is 21.5 Å². The van der Waals surface area contributed by atoms with Gasteiger partial charge in [-0.2, -0.15) is 0 Å². The molecule has 0 atom stereocenters. The van der Waals surface area contributed by atoms with Gasteiger partial charge in [-0.05, 0) is 17.5 Å². The van der Waals surface area contributed by atoms with Crippen molar-refractivity contribution < 1.29 is 9.59 Å². The number of H-pyrrole nitrogens is 1. The molecule has 1 amide bonds. The van der Waals surface area contributed by atoms with Gasteiger partial charge >= 0.3 is 0 Å². The van der Waals surface area contributed by atoms with Crippen molar-refractivity contribution in [3.8, 4) is 0 Å². The molecule has 2 N–H and O–H groups in total. The molecule has 124 valence electrons. The van der Waals surface area contributed by atoms with Crippen LogP contribution in [0.3, 0.4) is 0 Å². The maximum atomic E-state index is 12.4. The number of aromatic amines is 1. The van der Waals surface area contributed by atoms with Crippen LogP contribution in [0.1, 0.15) is 20.2 Å². The SMILES string of the molecule is O=C(Nc1nnc(Cc2cccs2)s1)C(=O)c1c[nH]c2ccccc12. The Labute approximate surface area is 150 Å². The first-order chi connectivity index (χ1) is 12.2. The highest BCUT2D eigenvalue weighted by atomic mass is 32.1. The predicted molar refractivity (Wildman–Crippen MR) is 98.3 cm³/mol. The molecule has 0 bridgehead atoms. The third-order valence-electron chi connectivity index (χ3n) is 3.63. The number of ketones is 1. The molecule has 3 aromatic heterocycles. The van der Waals surface area contributed by atoms with E-state index in [0.717, 1.165) is 15.9 Å². The van der Waals surface area contributed by atoms with Crippen LogP contribution < -0.4 is 5.32 Å². The number of rotatable bonds is 5. The normalized spacial score (nSPS) is 10.9. The van der Waals surface area contributed by atoms with E-state index >= 15 is 0 Å². The van der Waals surface area contributed by atoms with Crippen LogP contribution in [0.25, 0.3) is 10.9 Å². The van der Waals surface area contributed by atoms with Gasteiger partial charge in [0.15, 0.2) is 0 Å². The molecule has 6 nitrogen and oxygen atoms in total. The average molecular weight is 368 g/mol. The molecule has 1 aromatic carbocycles. The van der Waals surface area contributed by atoms with E-state index in [-0.39, 0.29) is 0 Å². The Morgan fingerprint density at radius 3 is 2.84 bits per heavy atom. The van der Waals surface area contributed by atoms with E-state index in [9.17, 15) is 9.59 Å². The minimum absolute atomic E-state index is 0.324. The van der Waals surface area contributed by atoms with Crippen molar-refractivity contribution in [2.24, 2.45) is 0 Å². The van der Waals surface area contributed by atoms with Crippen molar-refractivity contribution in [3.05, 3.63) is 63.4 Å². The Hall–Kier alpha value is -2.84. The minimum Gasteiger partial charge on any atom is -0.360 e. The number of anilines is 1. The zero-order valence-corrected chi connectivity index (χ0v) is 14.5. The number of fused-ring (bicyclic) bond motifs is 1. The highest BCUT2D eigenvalue weighted by Gasteiger charge is 2.21. The van der Waals surface area contributed by atoms with Crippen molar-refractivity contribution in [1.29, 1.82) is 0 Å². The molecule has 3 heterocycles. The van der Waals surface area contributed by atoms with Crippen LogP contribution in [0.15, 0.2) is 48.0 Å². The van der Waals surface area contributed by atoms with E-state index < -0.39 is 11.7 Å². The summed E-state index contributed by atoms with van der Waals surface area (Å²) in [6.07, 6.45) is 2.22. The van der Waals surface area contributed by atoms with Crippen molar-refractivity contribution in [2.45, 2.75) is 6.42 Å². The Bertz CT molecular complexity index is 1050. The molecule has 0 aliphatic heterocycles. The molecule has 0 aliphatic carbocycles. The minimum atomic E-state index is -0.719. The molecule has 0 spiro atoms. The highest BCUT2D eigenvalue weighted by Crippen LogP contribution is 2.22. The quantitative estimate of drug-likeness (QED) is 0.417. The fourth-order valence-corrected chi connectivity index (χ4v) is 4.03. The summed E-state index contributed by atoms with van der Waals surface area (Å²) in [6.45, 7) is 0. The Kier molecular flexibility index (Phi) is 4.12. The number of nitrogens with zero attached hydrogens (tertiary/aromatic N) is 2. The lowest BCUT2D eigenvalue weighted by molar-refractivity contribution is -0.112. The maximum Gasteiger partial charge on any atom is 0.298 e. The number of aromatic nitrogens is 3. The molecule has 4 aromatic rings. The number of carbonyl (C=O) groups is 2. The Morgan fingerprint density at radius 1 is 1.12 bits per heavy atom. The van der Waals surface area contributed by atoms with Crippen LogP contribution in [-0.4, -0.2) is 26.9 Å². The molecule has 0 saturated heterocycles. The lowest BCUT2D eigenvalue weighted by Crippen LogP contribution is -2.22. The van der Waals surface area contributed by atoms with Crippen LogP contribution in [0.5, 0.6) is 0 Å². The second-order valence-electron chi connectivity index (χ2n) is 5.29. The third kappa shape index (κ3) is 3.21. The number of para-hydroxylation sites is 1. The zero-order valence-electron chi connectivity index (χ0n) is 12.9. The van der Waals surface area contributed by atoms with Gasteiger partial charge in [-0.1, -0.05) is 35.6 Å². The van der Waals surface area contributed by atoms with Crippen LogP contribution in [0.4, 0.5) is 5.13 Å². The standard InChI is InChI=1S/C17H12N4O2S2/c22-15(12-9-18-13-6-2-1-5-11(12)13)16(23)19-17-21-20-14(25-17)8-10-4-3-7-24-10/h1-7,9,18H,8H2,(H,19,21,23). The van der Waals surface area contributed by atoms with Crippen LogP contribution in [0.2, 0.25) is 0 Å². The van der Waals surface area contributed by atoms with Gasteiger partial charge in [-0.3, -0.25) is 14.9 Å². The summed E-state index contributed by atoms with van der Waals surface area (Å²) in [7, 11) is 0.